The third-order valence-corrected chi connectivity index (χ3v) is 3.43. The standard InChI is InChI=1S/C13H19F2N3/c1-9-8-17(2)6-3-7-18(9)13-11(16)5-4-10(14)12(13)15/h4-5,9H,3,6-8,16H2,1-2H3. The highest BCUT2D eigenvalue weighted by Crippen LogP contribution is 2.31. The molecular formula is C13H19F2N3. The molecular weight excluding hydrogens is 236 g/mol. The number of rotatable bonds is 1. The first-order valence-electron chi connectivity index (χ1n) is 6.19. The van der Waals surface area contributed by atoms with Crippen LogP contribution in [0.4, 0.5) is 20.2 Å². The summed E-state index contributed by atoms with van der Waals surface area (Å²) in [5.41, 5.74) is 6.31. The molecule has 0 amide bonds. The minimum atomic E-state index is -0.844. The second-order valence-electron chi connectivity index (χ2n) is 4.96. The van der Waals surface area contributed by atoms with E-state index in [1.165, 1.54) is 6.07 Å². The monoisotopic (exact) mass is 255 g/mol. The van der Waals surface area contributed by atoms with Crippen molar-refractivity contribution < 1.29 is 8.78 Å². The normalized spacial score (nSPS) is 22.0. The Labute approximate surface area is 106 Å². The van der Waals surface area contributed by atoms with Gasteiger partial charge in [-0.25, -0.2) is 8.78 Å². The number of nitrogen functional groups attached to an aromatic ring is 1. The number of nitrogens with zero attached hydrogens (tertiary/aromatic N) is 2. The molecule has 1 unspecified atom stereocenters. The zero-order chi connectivity index (χ0) is 13.3. The largest absolute Gasteiger partial charge is 0.397 e. The summed E-state index contributed by atoms with van der Waals surface area (Å²) in [5, 5.41) is 0. The van der Waals surface area contributed by atoms with Gasteiger partial charge in [0.15, 0.2) is 11.6 Å². The Kier molecular flexibility index (Phi) is 3.71. The minimum Gasteiger partial charge on any atom is -0.397 e. The summed E-state index contributed by atoms with van der Waals surface area (Å²) in [6, 6.07) is 2.61. The number of halogens is 2. The molecule has 1 fully saturated rings. The SMILES string of the molecule is CC1CN(C)CCCN1c1c(N)ccc(F)c1F. The smallest absolute Gasteiger partial charge is 0.184 e. The van der Waals surface area contributed by atoms with Crippen molar-refractivity contribution in [1.29, 1.82) is 0 Å². The van der Waals surface area contributed by atoms with Crippen LogP contribution in [0.1, 0.15) is 13.3 Å². The lowest BCUT2D eigenvalue weighted by atomic mass is 10.1. The van der Waals surface area contributed by atoms with Gasteiger partial charge in [0.25, 0.3) is 0 Å². The Bertz CT molecular complexity index is 436. The van der Waals surface area contributed by atoms with Crippen LogP contribution in [0.3, 0.4) is 0 Å². The summed E-state index contributed by atoms with van der Waals surface area (Å²) < 4.78 is 27.3. The Hall–Kier alpha value is -1.36. The molecule has 1 heterocycles. The lowest BCUT2D eigenvalue weighted by Gasteiger charge is -2.31. The van der Waals surface area contributed by atoms with Gasteiger partial charge in [-0.05, 0) is 39.1 Å². The van der Waals surface area contributed by atoms with Crippen LogP contribution in [0.5, 0.6) is 0 Å². The summed E-state index contributed by atoms with van der Waals surface area (Å²) in [6.07, 6.45) is 0.913. The van der Waals surface area contributed by atoms with Gasteiger partial charge in [0.2, 0.25) is 0 Å². The molecule has 1 aliphatic rings. The lowest BCUT2D eigenvalue weighted by Crippen LogP contribution is -2.39. The highest BCUT2D eigenvalue weighted by molar-refractivity contribution is 5.69. The van der Waals surface area contributed by atoms with Crippen molar-refractivity contribution in [2.24, 2.45) is 0 Å². The first kappa shape index (κ1) is 13.1. The van der Waals surface area contributed by atoms with E-state index in [1.807, 2.05) is 18.9 Å². The zero-order valence-corrected chi connectivity index (χ0v) is 10.8. The maximum atomic E-state index is 13.9. The van der Waals surface area contributed by atoms with E-state index in [1.54, 1.807) is 0 Å². The van der Waals surface area contributed by atoms with E-state index in [0.717, 1.165) is 25.6 Å². The molecule has 2 rings (SSSR count). The van der Waals surface area contributed by atoms with Gasteiger partial charge >= 0.3 is 0 Å². The van der Waals surface area contributed by atoms with Gasteiger partial charge < -0.3 is 15.5 Å². The number of likely N-dealkylation sites (N-methyl/N-ethyl adjacent to an activating group) is 1. The van der Waals surface area contributed by atoms with E-state index in [9.17, 15) is 8.78 Å². The summed E-state index contributed by atoms with van der Waals surface area (Å²) in [5.74, 6) is -1.68. The number of anilines is 2. The van der Waals surface area contributed by atoms with Crippen molar-refractivity contribution in [3.05, 3.63) is 23.8 Å². The zero-order valence-electron chi connectivity index (χ0n) is 10.8. The van der Waals surface area contributed by atoms with Gasteiger partial charge in [0, 0.05) is 19.1 Å². The summed E-state index contributed by atoms with van der Waals surface area (Å²) in [6.45, 7) is 4.47. The van der Waals surface area contributed by atoms with Crippen LogP contribution in [0.2, 0.25) is 0 Å². The van der Waals surface area contributed by atoms with Crippen LogP contribution >= 0.6 is 0 Å². The summed E-state index contributed by atoms with van der Waals surface area (Å²) in [7, 11) is 2.03. The van der Waals surface area contributed by atoms with Crippen LogP contribution in [-0.4, -0.2) is 37.6 Å². The van der Waals surface area contributed by atoms with Gasteiger partial charge in [0.05, 0.1) is 11.4 Å². The number of hydrogen-bond acceptors (Lipinski definition) is 3. The molecule has 0 radical (unpaired) electrons. The van der Waals surface area contributed by atoms with Gasteiger partial charge in [-0.2, -0.15) is 0 Å². The van der Waals surface area contributed by atoms with Gasteiger partial charge in [-0.1, -0.05) is 0 Å². The maximum absolute atomic E-state index is 13.9. The second-order valence-corrected chi connectivity index (χ2v) is 4.96. The maximum Gasteiger partial charge on any atom is 0.184 e. The Balaban J connectivity index is 2.38. The van der Waals surface area contributed by atoms with Crippen molar-refractivity contribution in [2.75, 3.05) is 37.3 Å². The van der Waals surface area contributed by atoms with E-state index < -0.39 is 11.6 Å². The third kappa shape index (κ3) is 2.41. The Morgan fingerprint density at radius 3 is 2.72 bits per heavy atom. The van der Waals surface area contributed by atoms with Crippen LogP contribution in [-0.2, 0) is 0 Å². The molecule has 1 aliphatic heterocycles. The lowest BCUT2D eigenvalue weighted by molar-refractivity contribution is 0.337. The average Bonchev–Trinajstić information content (AvgIpc) is 2.47. The molecule has 0 saturated carbocycles. The van der Waals surface area contributed by atoms with Crippen LogP contribution < -0.4 is 10.6 Å². The summed E-state index contributed by atoms with van der Waals surface area (Å²) in [4.78, 5) is 4.06. The van der Waals surface area contributed by atoms with E-state index in [2.05, 4.69) is 4.90 Å². The molecule has 1 atom stereocenters. The predicted molar refractivity (Wildman–Crippen MR) is 69.7 cm³/mol. The fourth-order valence-corrected chi connectivity index (χ4v) is 2.55. The first-order valence-corrected chi connectivity index (χ1v) is 6.19. The number of benzene rings is 1. The van der Waals surface area contributed by atoms with Crippen molar-refractivity contribution in [2.45, 2.75) is 19.4 Å². The molecule has 2 N–H and O–H groups in total. The highest BCUT2D eigenvalue weighted by atomic mass is 19.2. The summed E-state index contributed by atoms with van der Waals surface area (Å²) >= 11 is 0. The minimum absolute atomic E-state index is 0.107. The van der Waals surface area contributed by atoms with Gasteiger partial charge in [0.1, 0.15) is 0 Å². The van der Waals surface area contributed by atoms with Crippen molar-refractivity contribution >= 4 is 11.4 Å². The molecule has 0 aromatic heterocycles. The fourth-order valence-electron chi connectivity index (χ4n) is 2.55. The van der Waals surface area contributed by atoms with Crippen LogP contribution in [0.25, 0.3) is 0 Å². The van der Waals surface area contributed by atoms with Gasteiger partial charge in [-0.15, -0.1) is 0 Å². The molecule has 18 heavy (non-hydrogen) atoms. The van der Waals surface area contributed by atoms with E-state index in [4.69, 9.17) is 5.73 Å². The molecule has 5 heteroatoms. The molecule has 1 saturated heterocycles. The molecule has 1 aromatic rings. The molecule has 100 valence electrons. The fraction of sp³-hybridized carbons (Fsp3) is 0.538. The molecule has 0 bridgehead atoms. The molecule has 0 spiro atoms. The van der Waals surface area contributed by atoms with Crippen LogP contribution in [0, 0.1) is 11.6 Å². The van der Waals surface area contributed by atoms with E-state index >= 15 is 0 Å². The van der Waals surface area contributed by atoms with Crippen molar-refractivity contribution in [3.63, 3.8) is 0 Å². The first-order chi connectivity index (χ1) is 8.50. The van der Waals surface area contributed by atoms with Crippen molar-refractivity contribution in [1.82, 2.24) is 4.90 Å². The Morgan fingerprint density at radius 2 is 2.00 bits per heavy atom. The van der Waals surface area contributed by atoms with E-state index in [-0.39, 0.29) is 11.7 Å². The van der Waals surface area contributed by atoms with Crippen molar-refractivity contribution in [3.8, 4) is 0 Å². The highest BCUT2D eigenvalue weighted by Gasteiger charge is 2.25. The second kappa shape index (κ2) is 5.10. The quantitative estimate of drug-likeness (QED) is 0.780. The predicted octanol–water partition coefficient (Wildman–Crippen LogP) is 2.08. The van der Waals surface area contributed by atoms with E-state index in [0.29, 0.717) is 12.2 Å². The van der Waals surface area contributed by atoms with Crippen LogP contribution in [0.15, 0.2) is 12.1 Å². The molecule has 3 nitrogen and oxygen atoms in total. The number of hydrogen-bond donors (Lipinski definition) is 1. The van der Waals surface area contributed by atoms with Gasteiger partial charge in [-0.3, -0.25) is 0 Å². The average molecular weight is 255 g/mol. The third-order valence-electron chi connectivity index (χ3n) is 3.43. The Morgan fingerprint density at radius 1 is 1.28 bits per heavy atom. The number of nitrogens with two attached hydrogens (primary N) is 1. The topological polar surface area (TPSA) is 32.5 Å². The molecule has 1 aromatic carbocycles. The molecule has 0 aliphatic carbocycles.